The second-order valence-corrected chi connectivity index (χ2v) is 4.44. The van der Waals surface area contributed by atoms with Gasteiger partial charge >= 0.3 is 0 Å². The van der Waals surface area contributed by atoms with Gasteiger partial charge in [-0.3, -0.25) is 9.69 Å². The van der Waals surface area contributed by atoms with Gasteiger partial charge in [0.05, 0.1) is 13.1 Å². The summed E-state index contributed by atoms with van der Waals surface area (Å²) < 4.78 is 2.03. The number of nitrogens with zero attached hydrogens (tertiary/aromatic N) is 4. The van der Waals surface area contributed by atoms with E-state index in [4.69, 9.17) is 0 Å². The molecule has 18 heavy (non-hydrogen) atoms. The summed E-state index contributed by atoms with van der Waals surface area (Å²) in [6.07, 6.45) is 1.74. The third-order valence-corrected chi connectivity index (χ3v) is 3.18. The summed E-state index contributed by atoms with van der Waals surface area (Å²) in [5.41, 5.74) is 0.768. The highest BCUT2D eigenvalue weighted by Gasteiger charge is 2.19. The van der Waals surface area contributed by atoms with Gasteiger partial charge in [-0.25, -0.2) is 0 Å². The molecule has 0 atom stereocenters. The van der Waals surface area contributed by atoms with Crippen LogP contribution in [0, 0.1) is 0 Å². The molecule has 0 amide bonds. The van der Waals surface area contributed by atoms with Crippen molar-refractivity contribution in [1.82, 2.24) is 19.7 Å². The number of carbonyl (C=O) groups is 1. The van der Waals surface area contributed by atoms with Gasteiger partial charge < -0.3 is 4.57 Å². The van der Waals surface area contributed by atoms with Crippen molar-refractivity contribution >= 4 is 5.78 Å². The van der Waals surface area contributed by atoms with E-state index in [9.17, 15) is 4.79 Å². The summed E-state index contributed by atoms with van der Waals surface area (Å²) >= 11 is 0. The number of fused-ring (bicyclic) bond motifs is 1. The molecule has 0 radical (unpaired) electrons. The lowest BCUT2D eigenvalue weighted by Crippen LogP contribution is -2.37. The molecule has 0 fully saturated rings. The predicted octanol–water partition coefficient (Wildman–Crippen LogP) is 0.977. The lowest BCUT2D eigenvalue weighted by molar-refractivity contribution is 0.0908. The van der Waals surface area contributed by atoms with Gasteiger partial charge in [0.2, 0.25) is 0 Å². The van der Waals surface area contributed by atoms with E-state index < -0.39 is 0 Å². The number of carbonyl (C=O) groups excluding carboxylic acids is 1. The lowest BCUT2D eigenvalue weighted by Gasteiger charge is -2.26. The van der Waals surface area contributed by atoms with Crippen LogP contribution in [0.1, 0.15) is 16.2 Å². The maximum atomic E-state index is 12.1. The zero-order valence-electron chi connectivity index (χ0n) is 9.99. The third-order valence-electron chi connectivity index (χ3n) is 3.18. The van der Waals surface area contributed by atoms with Gasteiger partial charge in [-0.05, 0) is 0 Å². The maximum absolute atomic E-state index is 12.1. The van der Waals surface area contributed by atoms with Crippen LogP contribution >= 0.6 is 0 Å². The molecule has 0 aliphatic carbocycles. The Balaban J connectivity index is 1.67. The first-order valence-corrected chi connectivity index (χ1v) is 6.00. The van der Waals surface area contributed by atoms with Gasteiger partial charge in [0.15, 0.2) is 5.78 Å². The van der Waals surface area contributed by atoms with Crippen molar-refractivity contribution in [2.24, 2.45) is 0 Å². The predicted molar refractivity (Wildman–Crippen MR) is 66.1 cm³/mol. The number of rotatable bonds is 3. The summed E-state index contributed by atoms with van der Waals surface area (Å²) in [5.74, 6) is 1.09. The fourth-order valence-electron chi connectivity index (χ4n) is 2.17. The van der Waals surface area contributed by atoms with Gasteiger partial charge in [0.25, 0.3) is 0 Å². The highest BCUT2D eigenvalue weighted by atomic mass is 16.1. The SMILES string of the molecule is O=C(CN1CCn2cnnc2C1)c1ccccc1. The molecule has 5 heteroatoms. The highest BCUT2D eigenvalue weighted by molar-refractivity contribution is 5.97. The molecule has 1 aliphatic heterocycles. The van der Waals surface area contributed by atoms with E-state index in [1.807, 2.05) is 34.9 Å². The van der Waals surface area contributed by atoms with E-state index in [2.05, 4.69) is 15.1 Å². The molecule has 2 aromatic rings. The second kappa shape index (κ2) is 4.70. The van der Waals surface area contributed by atoms with E-state index in [1.54, 1.807) is 6.33 Å². The fraction of sp³-hybridized carbons (Fsp3) is 0.308. The number of benzene rings is 1. The van der Waals surface area contributed by atoms with Crippen molar-refractivity contribution in [1.29, 1.82) is 0 Å². The minimum Gasteiger partial charge on any atom is -0.315 e. The van der Waals surface area contributed by atoms with Crippen molar-refractivity contribution in [3.05, 3.63) is 48.0 Å². The average molecular weight is 242 g/mol. The number of Topliss-reactive ketones (excluding diaryl/α,β-unsaturated/α-hetero) is 1. The smallest absolute Gasteiger partial charge is 0.176 e. The van der Waals surface area contributed by atoms with Crippen LogP contribution in [0.25, 0.3) is 0 Å². The Bertz CT molecular complexity index is 549. The van der Waals surface area contributed by atoms with Crippen LogP contribution in [-0.4, -0.2) is 38.5 Å². The Morgan fingerprint density at radius 3 is 2.89 bits per heavy atom. The molecule has 0 N–H and O–H groups in total. The Kier molecular flexibility index (Phi) is 2.90. The molecule has 0 saturated carbocycles. The molecule has 1 aromatic heterocycles. The van der Waals surface area contributed by atoms with Crippen LogP contribution in [0.4, 0.5) is 0 Å². The van der Waals surface area contributed by atoms with E-state index in [-0.39, 0.29) is 5.78 Å². The minimum atomic E-state index is 0.156. The molecular weight excluding hydrogens is 228 g/mol. The minimum absolute atomic E-state index is 0.156. The standard InChI is InChI=1S/C13H14N4O/c18-12(11-4-2-1-3-5-11)8-16-6-7-17-10-14-15-13(17)9-16/h1-5,10H,6-9H2. The Labute approximate surface area is 105 Å². The van der Waals surface area contributed by atoms with E-state index in [1.165, 1.54) is 0 Å². The topological polar surface area (TPSA) is 51.0 Å². The molecule has 2 heterocycles. The van der Waals surface area contributed by atoms with Gasteiger partial charge in [0.1, 0.15) is 12.2 Å². The van der Waals surface area contributed by atoms with E-state index >= 15 is 0 Å². The van der Waals surface area contributed by atoms with Gasteiger partial charge in [0, 0.05) is 18.7 Å². The highest BCUT2D eigenvalue weighted by Crippen LogP contribution is 2.10. The fourth-order valence-corrected chi connectivity index (χ4v) is 2.17. The number of hydrogen-bond donors (Lipinski definition) is 0. The van der Waals surface area contributed by atoms with E-state index in [0.717, 1.165) is 24.5 Å². The average Bonchev–Trinajstić information content (AvgIpc) is 2.87. The second-order valence-electron chi connectivity index (χ2n) is 4.44. The quantitative estimate of drug-likeness (QED) is 0.753. The Hall–Kier alpha value is -2.01. The van der Waals surface area contributed by atoms with Crippen molar-refractivity contribution in [2.75, 3.05) is 13.1 Å². The van der Waals surface area contributed by atoms with Crippen molar-refractivity contribution in [2.45, 2.75) is 13.1 Å². The van der Waals surface area contributed by atoms with Crippen LogP contribution < -0.4 is 0 Å². The number of aromatic nitrogens is 3. The summed E-state index contributed by atoms with van der Waals surface area (Å²) in [6, 6.07) is 9.41. The largest absolute Gasteiger partial charge is 0.315 e. The first-order valence-electron chi connectivity index (χ1n) is 6.00. The number of hydrogen-bond acceptors (Lipinski definition) is 4. The van der Waals surface area contributed by atoms with Crippen LogP contribution in [-0.2, 0) is 13.1 Å². The lowest BCUT2D eigenvalue weighted by atomic mass is 10.1. The summed E-state index contributed by atoms with van der Waals surface area (Å²) in [6.45, 7) is 2.85. The first kappa shape index (κ1) is 11.1. The Morgan fingerprint density at radius 1 is 1.22 bits per heavy atom. The molecule has 0 saturated heterocycles. The molecule has 0 bridgehead atoms. The van der Waals surface area contributed by atoms with Gasteiger partial charge in [-0.2, -0.15) is 0 Å². The van der Waals surface area contributed by atoms with Crippen molar-refractivity contribution < 1.29 is 4.79 Å². The van der Waals surface area contributed by atoms with Crippen LogP contribution in [0.3, 0.4) is 0 Å². The van der Waals surface area contributed by atoms with Crippen LogP contribution in [0.15, 0.2) is 36.7 Å². The summed E-state index contributed by atoms with van der Waals surface area (Å²) in [5, 5.41) is 7.92. The van der Waals surface area contributed by atoms with Crippen molar-refractivity contribution in [3.63, 3.8) is 0 Å². The molecule has 0 unspecified atom stereocenters. The first-order chi connectivity index (χ1) is 8.83. The van der Waals surface area contributed by atoms with Crippen molar-refractivity contribution in [3.8, 4) is 0 Å². The third kappa shape index (κ3) is 2.17. The van der Waals surface area contributed by atoms with Gasteiger partial charge in [-0.15, -0.1) is 10.2 Å². The maximum Gasteiger partial charge on any atom is 0.176 e. The van der Waals surface area contributed by atoms with Crippen LogP contribution in [0.5, 0.6) is 0 Å². The monoisotopic (exact) mass is 242 g/mol. The molecule has 5 nitrogen and oxygen atoms in total. The molecule has 0 spiro atoms. The zero-order chi connectivity index (χ0) is 12.4. The molecular formula is C13H14N4O. The van der Waals surface area contributed by atoms with Crippen LogP contribution in [0.2, 0.25) is 0 Å². The number of ketones is 1. The zero-order valence-corrected chi connectivity index (χ0v) is 9.99. The summed E-state index contributed by atoms with van der Waals surface area (Å²) in [4.78, 5) is 14.2. The molecule has 3 rings (SSSR count). The normalized spacial score (nSPS) is 15.3. The summed E-state index contributed by atoms with van der Waals surface area (Å²) in [7, 11) is 0. The Morgan fingerprint density at radius 2 is 2.06 bits per heavy atom. The molecule has 92 valence electrons. The molecule has 1 aliphatic rings. The van der Waals surface area contributed by atoms with E-state index in [0.29, 0.717) is 13.1 Å². The molecule has 1 aromatic carbocycles. The van der Waals surface area contributed by atoms with Gasteiger partial charge in [-0.1, -0.05) is 30.3 Å².